The highest BCUT2D eigenvalue weighted by molar-refractivity contribution is 5.99. The van der Waals surface area contributed by atoms with Gasteiger partial charge in [-0.2, -0.15) is 0 Å². The van der Waals surface area contributed by atoms with Crippen molar-refractivity contribution in [3.8, 4) is 0 Å². The first kappa shape index (κ1) is 17.6. The zero-order valence-electron chi connectivity index (χ0n) is 13.6. The van der Waals surface area contributed by atoms with Crippen LogP contribution in [0.2, 0.25) is 0 Å². The van der Waals surface area contributed by atoms with E-state index in [1.54, 1.807) is 20.8 Å². The van der Waals surface area contributed by atoms with Crippen LogP contribution in [-0.2, 0) is 0 Å². The third kappa shape index (κ3) is 4.16. The van der Waals surface area contributed by atoms with Gasteiger partial charge in [-0.3, -0.25) is 15.0 Å². The molecule has 24 heavy (non-hydrogen) atoms. The lowest BCUT2D eigenvalue weighted by Gasteiger charge is -2.35. The summed E-state index contributed by atoms with van der Waals surface area (Å²) in [7, 11) is 0. The molecular formula is C18H18F2N2O2. The van der Waals surface area contributed by atoms with Gasteiger partial charge in [0.25, 0.3) is 11.8 Å². The Morgan fingerprint density at radius 1 is 0.917 bits per heavy atom. The number of hydrogen-bond acceptors (Lipinski definition) is 2. The summed E-state index contributed by atoms with van der Waals surface area (Å²) in [5, 5.41) is 1.11. The summed E-state index contributed by atoms with van der Waals surface area (Å²) in [4.78, 5) is 25.0. The molecule has 2 aromatic carbocycles. The van der Waals surface area contributed by atoms with Crippen molar-refractivity contribution < 1.29 is 18.4 Å². The highest BCUT2D eigenvalue weighted by Gasteiger charge is 2.29. The number of benzene rings is 2. The number of rotatable bonds is 2. The van der Waals surface area contributed by atoms with E-state index in [1.165, 1.54) is 36.4 Å². The second kappa shape index (κ2) is 6.78. The minimum Gasteiger partial charge on any atom is -0.267 e. The second-order valence-electron chi connectivity index (χ2n) is 6.27. The summed E-state index contributed by atoms with van der Waals surface area (Å²) in [6, 6.07) is 10.3. The predicted octanol–water partition coefficient (Wildman–Crippen LogP) is 3.55. The monoisotopic (exact) mass is 332 g/mol. The zero-order valence-corrected chi connectivity index (χ0v) is 13.6. The van der Waals surface area contributed by atoms with Crippen LogP contribution in [-0.4, -0.2) is 22.4 Å². The molecule has 0 fully saturated rings. The van der Waals surface area contributed by atoms with Gasteiger partial charge in [-0.15, -0.1) is 0 Å². The first-order valence-corrected chi connectivity index (χ1v) is 7.35. The molecule has 4 nitrogen and oxygen atoms in total. The van der Waals surface area contributed by atoms with E-state index in [1.807, 2.05) is 0 Å². The standard InChI is InChI=1S/C18H18F2N2O2/c1-18(2,3)22(17(24)13-7-5-9-15(20)11-13)21-16(23)12-6-4-8-14(19)10-12/h4-11H,1-3H3,(H,21,23). The molecule has 0 unspecified atom stereocenters. The van der Waals surface area contributed by atoms with Gasteiger partial charge in [-0.1, -0.05) is 12.1 Å². The van der Waals surface area contributed by atoms with Crippen molar-refractivity contribution in [2.24, 2.45) is 0 Å². The van der Waals surface area contributed by atoms with E-state index in [-0.39, 0.29) is 11.1 Å². The summed E-state index contributed by atoms with van der Waals surface area (Å²) < 4.78 is 26.6. The fourth-order valence-corrected chi connectivity index (χ4v) is 2.07. The number of nitrogens with one attached hydrogen (secondary N) is 1. The van der Waals surface area contributed by atoms with Crippen LogP contribution >= 0.6 is 0 Å². The molecule has 6 heteroatoms. The van der Waals surface area contributed by atoms with E-state index >= 15 is 0 Å². The van der Waals surface area contributed by atoms with Gasteiger partial charge in [0.2, 0.25) is 0 Å². The molecule has 0 saturated carbocycles. The van der Waals surface area contributed by atoms with Crippen molar-refractivity contribution in [2.75, 3.05) is 0 Å². The van der Waals surface area contributed by atoms with Crippen LogP contribution in [0.25, 0.3) is 0 Å². The van der Waals surface area contributed by atoms with Gasteiger partial charge < -0.3 is 0 Å². The third-order valence-electron chi connectivity index (χ3n) is 3.25. The number of carbonyl (C=O) groups excluding carboxylic acids is 2. The van der Waals surface area contributed by atoms with E-state index in [4.69, 9.17) is 0 Å². The fourth-order valence-electron chi connectivity index (χ4n) is 2.07. The van der Waals surface area contributed by atoms with E-state index in [9.17, 15) is 18.4 Å². The van der Waals surface area contributed by atoms with Gasteiger partial charge in [0, 0.05) is 11.1 Å². The van der Waals surface area contributed by atoms with E-state index in [2.05, 4.69) is 5.43 Å². The molecule has 0 aliphatic heterocycles. The number of nitrogens with zero attached hydrogens (tertiary/aromatic N) is 1. The lowest BCUT2D eigenvalue weighted by atomic mass is 10.1. The number of hydrazine groups is 1. The molecule has 0 spiro atoms. The van der Waals surface area contributed by atoms with Gasteiger partial charge >= 0.3 is 0 Å². The molecule has 0 aliphatic carbocycles. The summed E-state index contributed by atoms with van der Waals surface area (Å²) in [6.45, 7) is 5.15. The largest absolute Gasteiger partial charge is 0.272 e. The van der Waals surface area contributed by atoms with Crippen molar-refractivity contribution in [2.45, 2.75) is 26.3 Å². The quantitative estimate of drug-likeness (QED) is 0.855. The highest BCUT2D eigenvalue weighted by Crippen LogP contribution is 2.16. The van der Waals surface area contributed by atoms with Crippen LogP contribution in [0.5, 0.6) is 0 Å². The van der Waals surface area contributed by atoms with Crippen molar-refractivity contribution in [1.29, 1.82) is 0 Å². The molecule has 2 amide bonds. The Kier molecular flexibility index (Phi) is 4.97. The Balaban J connectivity index is 2.29. The molecule has 0 atom stereocenters. The summed E-state index contributed by atoms with van der Waals surface area (Å²) in [6.07, 6.45) is 0. The molecule has 0 aliphatic rings. The average molecular weight is 332 g/mol. The summed E-state index contributed by atoms with van der Waals surface area (Å²) >= 11 is 0. The molecule has 1 N–H and O–H groups in total. The molecule has 0 bridgehead atoms. The first-order valence-electron chi connectivity index (χ1n) is 7.35. The third-order valence-corrected chi connectivity index (χ3v) is 3.25. The zero-order chi connectivity index (χ0) is 17.9. The van der Waals surface area contributed by atoms with E-state index in [0.29, 0.717) is 0 Å². The van der Waals surface area contributed by atoms with Gasteiger partial charge in [0.05, 0.1) is 5.54 Å². The van der Waals surface area contributed by atoms with Crippen molar-refractivity contribution in [3.63, 3.8) is 0 Å². The van der Waals surface area contributed by atoms with Crippen LogP contribution < -0.4 is 5.43 Å². The van der Waals surface area contributed by atoms with Crippen LogP contribution in [0.15, 0.2) is 48.5 Å². The maximum atomic E-state index is 13.4. The average Bonchev–Trinajstić information content (AvgIpc) is 2.50. The molecule has 0 heterocycles. The fraction of sp³-hybridized carbons (Fsp3) is 0.222. The molecule has 0 saturated heterocycles. The van der Waals surface area contributed by atoms with Crippen molar-refractivity contribution >= 4 is 11.8 Å². The SMILES string of the molecule is CC(C)(C)N(NC(=O)c1cccc(F)c1)C(=O)c1cccc(F)c1. The Bertz CT molecular complexity index is 770. The van der Waals surface area contributed by atoms with Gasteiger partial charge in [0.1, 0.15) is 11.6 Å². The Hall–Kier alpha value is -2.76. The molecule has 2 aromatic rings. The van der Waals surface area contributed by atoms with E-state index in [0.717, 1.165) is 17.1 Å². The molecule has 126 valence electrons. The van der Waals surface area contributed by atoms with Crippen LogP contribution in [0.4, 0.5) is 8.78 Å². The maximum absolute atomic E-state index is 13.4. The minimum absolute atomic E-state index is 0.0799. The Morgan fingerprint density at radius 3 is 1.92 bits per heavy atom. The topological polar surface area (TPSA) is 49.4 Å². The van der Waals surface area contributed by atoms with E-state index < -0.39 is 29.0 Å². The molecule has 0 radical (unpaired) electrons. The summed E-state index contributed by atoms with van der Waals surface area (Å²) in [5.74, 6) is -2.30. The van der Waals surface area contributed by atoms with Gasteiger partial charge in [-0.25, -0.2) is 13.8 Å². The maximum Gasteiger partial charge on any atom is 0.272 e. The van der Waals surface area contributed by atoms with Crippen LogP contribution in [0, 0.1) is 11.6 Å². The van der Waals surface area contributed by atoms with Gasteiger partial charge in [-0.05, 0) is 57.2 Å². The first-order chi connectivity index (χ1) is 11.2. The highest BCUT2D eigenvalue weighted by atomic mass is 19.1. The van der Waals surface area contributed by atoms with Gasteiger partial charge in [0.15, 0.2) is 0 Å². The number of amides is 2. The molecule has 2 rings (SSSR count). The molecular weight excluding hydrogens is 314 g/mol. The Morgan fingerprint density at radius 2 is 1.42 bits per heavy atom. The second-order valence-corrected chi connectivity index (χ2v) is 6.27. The van der Waals surface area contributed by atoms with Crippen LogP contribution in [0.1, 0.15) is 41.5 Å². The number of halogens is 2. The predicted molar refractivity (Wildman–Crippen MR) is 86.2 cm³/mol. The number of carbonyl (C=O) groups is 2. The normalized spacial score (nSPS) is 11.0. The van der Waals surface area contributed by atoms with Crippen molar-refractivity contribution in [1.82, 2.24) is 10.4 Å². The lowest BCUT2D eigenvalue weighted by Crippen LogP contribution is -2.55. The minimum atomic E-state index is -0.771. The summed E-state index contributed by atoms with van der Waals surface area (Å²) in [5.41, 5.74) is 1.88. The smallest absolute Gasteiger partial charge is 0.267 e. The number of hydrogen-bond donors (Lipinski definition) is 1. The molecule has 0 aromatic heterocycles. The Labute approximate surface area is 139 Å². The lowest BCUT2D eigenvalue weighted by molar-refractivity contribution is 0.0358. The van der Waals surface area contributed by atoms with Crippen molar-refractivity contribution in [3.05, 3.63) is 71.3 Å². The van der Waals surface area contributed by atoms with Crippen LogP contribution in [0.3, 0.4) is 0 Å².